The van der Waals surface area contributed by atoms with E-state index in [1.807, 2.05) is 188 Å². The Morgan fingerprint density at radius 3 is 1.23 bits per heavy atom. The van der Waals surface area contributed by atoms with E-state index in [0.29, 0.717) is 35.7 Å². The summed E-state index contributed by atoms with van der Waals surface area (Å²) in [6.07, 6.45) is -1.06. The van der Waals surface area contributed by atoms with Gasteiger partial charge in [0.1, 0.15) is 30.2 Å². The number of aliphatic hydroxyl groups excluding tert-OH is 4. The molecule has 143 heavy (non-hydrogen) atoms. The fourth-order valence-electron chi connectivity index (χ4n) is 18.4. The van der Waals surface area contributed by atoms with Crippen LogP contribution < -0.4 is 21.3 Å². The smallest absolute Gasteiger partial charge is 0.255 e. The molecule has 28 nitrogen and oxygen atoms in total. The molecule has 5 aliphatic rings. The summed E-state index contributed by atoms with van der Waals surface area (Å²) >= 11 is 9.17. The maximum Gasteiger partial charge on any atom is 0.255 e. The van der Waals surface area contributed by atoms with Crippen molar-refractivity contribution >= 4 is 105 Å². The number of nitrogens with one attached hydrogen (secondary N) is 4. The Bertz CT molecular complexity index is 5740. The number of benzene rings is 5. The van der Waals surface area contributed by atoms with Gasteiger partial charge in [-0.2, -0.15) is 5.26 Å². The number of rotatable bonds is 26. The summed E-state index contributed by atoms with van der Waals surface area (Å²) < 4.78 is 0. The van der Waals surface area contributed by atoms with E-state index < -0.39 is 105 Å². The molecule has 9 amide bonds. The van der Waals surface area contributed by atoms with Crippen LogP contribution in [0.15, 0.2) is 126 Å². The fraction of sp³-hybridized carbons (Fsp3) is 0.562. The molecule has 31 heteroatoms. The second-order valence-corrected chi connectivity index (χ2v) is 49.0. The maximum atomic E-state index is 14.0. The Kier molecular flexibility index (Phi) is 38.5. The van der Waals surface area contributed by atoms with Gasteiger partial charge in [-0.3, -0.25) is 57.5 Å². The number of fused-ring (bicyclic) bond motifs is 1. The number of Topliss-reactive ketones (excluding diaryl/α,β-unsaturated/α-hetero) is 3. The number of hydrogen-bond acceptors (Lipinski definition) is 21. The highest BCUT2D eigenvalue weighted by atomic mass is 35.5. The van der Waals surface area contributed by atoms with Gasteiger partial charge in [0, 0.05) is 111 Å². The molecule has 2 aromatic heterocycles. The van der Waals surface area contributed by atoms with Gasteiger partial charge in [-0.15, -0.1) is 22.7 Å². The highest BCUT2D eigenvalue weighted by Gasteiger charge is 2.51. The van der Waals surface area contributed by atoms with Crippen molar-refractivity contribution in [1.82, 2.24) is 55.7 Å². The molecule has 0 spiro atoms. The maximum absolute atomic E-state index is 14.0. The number of nitrogens with zero attached hydrogens (tertiary/aromatic N) is 8. The van der Waals surface area contributed by atoms with Crippen LogP contribution in [0.25, 0.3) is 20.9 Å². The van der Waals surface area contributed by atoms with Gasteiger partial charge in [-0.25, -0.2) is 9.97 Å². The number of nitriles is 1. The van der Waals surface area contributed by atoms with E-state index in [9.17, 15) is 78.0 Å². The largest absolute Gasteiger partial charge is 0.391 e. The number of aliphatic hydroxyl groups is 4. The average molecular weight is 2020 g/mol. The SMILES string of the molecule is CC(CC(=O)C1CC(O)CN1C(=O)C(NC(=O)C(C)(C)C)C(C)(C)C)c1ccc(C#N)cc1.CC(CC(=O)C1CC(O)CN1C(=O)C(NC(=O)C(C)(C)C)C(C)(C)C)c1ccc(Cl)cc1.Cc1ncsc1-c1ccc(CCC(=O)C2CC(O)CN2C(=O)C(NC(=O)C(C)(C)C)C(C)(C)C)cc1.Cc1ncsc1-c1ccc(CNC(=O)C2CC(O)CN2C(=O)C(C(C)C)N2Cc3ccccc3C2=O)c(C(C)(C)C)c1. The summed E-state index contributed by atoms with van der Waals surface area (Å²) in [5, 5.41) is 62.8. The number of likely N-dealkylation sites (tertiary alicyclic amines) is 4. The predicted molar refractivity (Wildman–Crippen MR) is 559 cm³/mol. The lowest BCUT2D eigenvalue weighted by Crippen LogP contribution is -2.58. The van der Waals surface area contributed by atoms with Gasteiger partial charge in [0.05, 0.1) is 86.3 Å². The van der Waals surface area contributed by atoms with Gasteiger partial charge >= 0.3 is 0 Å². The highest BCUT2D eigenvalue weighted by Crippen LogP contribution is 2.40. The standard InChI is InChI=1S/C33H40N4O4S.C28H39N3O4S.C26H37N3O4.C25H37ClN2O4/c1-19(2)28(37-16-23-9-7-8-10-25(23)31(37)40)32(41)36-17-24(38)14-27(36)30(39)34-15-22-12-11-21(13-26(22)33(4,5)6)29-20(3)35-18-42-29;1-17-23(36-16-29-17)19-11-8-18(9-12-19)10-13-22(33)21-14-20(32)15-31(21)25(34)24(27(2,3)4)30-26(35)28(5,6)7;1-16(18-10-8-17(14-27)9-11-18)12-21(31)20-13-19(30)15-29(20)23(32)22(25(2,3)4)28-24(33)26(5,6)7;1-15(16-8-10-17(26)11-9-16)12-20(30)19-13-18(29)14-28(19)22(31)21(24(2,3)4)27-23(32)25(5,6)7/h7-13,18-19,24,27-28,38H,14-17H2,1-6H3,(H,34,39);8-9,11-12,16,20-21,24,32H,10,13-15H2,1-7H3,(H,30,35);8-11,16,19-20,22,30H,12-13,15H2,1-7H3,(H,28,33);8-11,15,18-19,21,29H,12-14H2,1-7H3,(H,27,32). The van der Waals surface area contributed by atoms with Crippen LogP contribution in [-0.4, -0.2) is 224 Å². The molecule has 0 aliphatic carbocycles. The number of halogens is 1. The summed E-state index contributed by atoms with van der Waals surface area (Å²) in [5.74, 6) is -3.08. The monoisotopic (exact) mass is 2020 g/mol. The molecule has 7 heterocycles. The number of aromatic nitrogens is 2. The van der Waals surface area contributed by atoms with E-state index in [2.05, 4.69) is 70.2 Å². The topological polar surface area (TPSA) is 400 Å². The minimum absolute atomic E-state index is 0.0477. The van der Waals surface area contributed by atoms with E-state index in [1.165, 1.54) is 19.6 Å². The quantitative estimate of drug-likeness (QED) is 0.0250. The minimum Gasteiger partial charge on any atom is -0.391 e. The van der Waals surface area contributed by atoms with Crippen molar-refractivity contribution in [2.24, 2.45) is 38.4 Å². The van der Waals surface area contributed by atoms with E-state index in [-0.39, 0.29) is 165 Å². The Morgan fingerprint density at radius 2 is 0.860 bits per heavy atom. The third kappa shape index (κ3) is 30.2. The van der Waals surface area contributed by atoms with Crippen LogP contribution in [0.3, 0.4) is 0 Å². The summed E-state index contributed by atoms with van der Waals surface area (Å²) in [6, 6.07) is 32.3. The second kappa shape index (κ2) is 47.6. The van der Waals surface area contributed by atoms with Crippen molar-refractivity contribution in [2.75, 3.05) is 26.2 Å². The number of amides is 9. The van der Waals surface area contributed by atoms with Crippen molar-refractivity contribution in [1.29, 1.82) is 5.26 Å². The Hall–Kier alpha value is -10.8. The van der Waals surface area contributed by atoms with Crippen LogP contribution >= 0.6 is 34.3 Å². The molecule has 7 aromatic rings. The van der Waals surface area contributed by atoms with Gasteiger partial charge in [0.15, 0.2) is 17.3 Å². The zero-order chi connectivity index (χ0) is 107. The Morgan fingerprint density at radius 1 is 0.483 bits per heavy atom. The first-order chi connectivity index (χ1) is 66.3. The van der Waals surface area contributed by atoms with E-state index in [0.717, 1.165) is 65.6 Å². The molecule has 14 unspecified atom stereocenters. The van der Waals surface area contributed by atoms with Gasteiger partial charge < -0.3 is 66.2 Å². The first-order valence-corrected chi connectivity index (χ1v) is 51.8. The Labute approximate surface area is 858 Å². The highest BCUT2D eigenvalue weighted by molar-refractivity contribution is 7.13. The van der Waals surface area contributed by atoms with Crippen molar-refractivity contribution in [3.63, 3.8) is 0 Å². The molecule has 4 fully saturated rings. The number of hydrogen-bond donors (Lipinski definition) is 8. The molecule has 14 atom stereocenters. The molecule has 12 rings (SSSR count). The average Bonchev–Trinajstić information content (AvgIpc) is 1.61. The first-order valence-electron chi connectivity index (χ1n) is 49.7. The lowest BCUT2D eigenvalue weighted by atomic mass is 9.82. The fourth-order valence-corrected chi connectivity index (χ4v) is 20.1. The zero-order valence-corrected chi connectivity index (χ0v) is 91.0. The third-order valence-electron chi connectivity index (χ3n) is 27.0. The van der Waals surface area contributed by atoms with Crippen LogP contribution in [-0.2, 0) is 77.7 Å². The minimum atomic E-state index is -0.819. The van der Waals surface area contributed by atoms with Crippen molar-refractivity contribution in [2.45, 2.75) is 341 Å². The lowest BCUT2D eigenvalue weighted by Gasteiger charge is -2.36. The molecular weight excluding hydrogens is 1870 g/mol. The van der Waals surface area contributed by atoms with Gasteiger partial charge in [0.25, 0.3) is 5.91 Å². The number of carbonyl (C=O) groups is 12. The first kappa shape index (κ1) is 116. The number of carbonyl (C=O) groups excluding carboxylic acids is 12. The molecule has 5 aliphatic heterocycles. The number of aryl methyl sites for hydroxylation is 3. The Balaban J connectivity index is 0.000000214. The zero-order valence-electron chi connectivity index (χ0n) is 88.6. The van der Waals surface area contributed by atoms with Crippen LogP contribution in [0.1, 0.15) is 291 Å². The molecule has 5 aromatic carbocycles. The number of ketones is 3. The molecule has 0 radical (unpaired) electrons. The third-order valence-corrected chi connectivity index (χ3v) is 29.2. The van der Waals surface area contributed by atoms with E-state index >= 15 is 0 Å². The lowest BCUT2D eigenvalue weighted by molar-refractivity contribution is -0.144. The van der Waals surface area contributed by atoms with Crippen LogP contribution in [0, 0.1) is 63.6 Å². The number of thiazole rings is 2. The van der Waals surface area contributed by atoms with Crippen LogP contribution in [0.2, 0.25) is 5.02 Å². The molecule has 0 bridgehead atoms. The predicted octanol–water partition coefficient (Wildman–Crippen LogP) is 15.9. The van der Waals surface area contributed by atoms with E-state index in [1.54, 1.807) is 120 Å². The second-order valence-electron chi connectivity index (χ2n) is 46.9. The summed E-state index contributed by atoms with van der Waals surface area (Å²) in [7, 11) is 0. The van der Waals surface area contributed by atoms with E-state index in [4.69, 9.17) is 16.9 Å². The van der Waals surface area contributed by atoms with Crippen LogP contribution in [0.5, 0.6) is 0 Å². The molecule has 0 saturated carbocycles. The number of β-amino-alcohol motifs (C(OH)–C–C–N with tert-alkyl or cyclic N) is 4. The molecular formula is C112H153ClN12O16S2. The van der Waals surface area contributed by atoms with Gasteiger partial charge in [-0.05, 0) is 141 Å². The molecule has 776 valence electrons. The summed E-state index contributed by atoms with van der Waals surface area (Å²) in [6.45, 7) is 52.1. The van der Waals surface area contributed by atoms with Crippen molar-refractivity contribution in [3.05, 3.63) is 187 Å². The van der Waals surface area contributed by atoms with Gasteiger partial charge in [-0.1, -0.05) is 264 Å². The normalized spacial score (nSPS) is 20.1. The van der Waals surface area contributed by atoms with Crippen LogP contribution in [0.4, 0.5) is 0 Å². The van der Waals surface area contributed by atoms with Crippen molar-refractivity contribution in [3.8, 4) is 27.0 Å². The van der Waals surface area contributed by atoms with Gasteiger partial charge in [0.2, 0.25) is 47.3 Å². The summed E-state index contributed by atoms with van der Waals surface area (Å²) in [5.41, 5.74) is 11.2. The summed E-state index contributed by atoms with van der Waals surface area (Å²) in [4.78, 5) is 178. The molecule has 8 N–H and O–H groups in total. The van der Waals surface area contributed by atoms with Crippen molar-refractivity contribution < 1.29 is 78.0 Å². The molecule has 4 saturated heterocycles.